The summed E-state index contributed by atoms with van der Waals surface area (Å²) in [6, 6.07) is 1.41. The van der Waals surface area contributed by atoms with Crippen LogP contribution in [-0.4, -0.2) is 30.2 Å². The molecule has 3 nitrogen and oxygen atoms in total. The first kappa shape index (κ1) is 14.4. The van der Waals surface area contributed by atoms with E-state index < -0.39 is 11.7 Å². The minimum absolute atomic E-state index is 0.0381. The second-order valence-electron chi connectivity index (χ2n) is 4.90. The lowest BCUT2D eigenvalue weighted by Crippen LogP contribution is -2.54. The highest BCUT2D eigenvalue weighted by Gasteiger charge is 2.32. The molecule has 0 amide bonds. The van der Waals surface area contributed by atoms with Gasteiger partial charge in [0, 0.05) is 31.4 Å². The third-order valence-corrected chi connectivity index (χ3v) is 3.28. The molecule has 7 heteroatoms. The third kappa shape index (κ3) is 3.30. The summed E-state index contributed by atoms with van der Waals surface area (Å²) >= 11 is 5.94. The molecule has 1 aromatic rings. The summed E-state index contributed by atoms with van der Waals surface area (Å²) in [6.07, 6.45) is -3.59. The Kier molecular flexibility index (Phi) is 3.92. The number of rotatable bonds is 1. The van der Waals surface area contributed by atoms with Gasteiger partial charge in [-0.1, -0.05) is 11.6 Å². The predicted molar refractivity (Wildman–Crippen MR) is 68.5 cm³/mol. The van der Waals surface area contributed by atoms with Crippen LogP contribution in [0.15, 0.2) is 12.3 Å². The number of anilines is 1. The molecule has 0 aliphatic carbocycles. The Bertz CT molecular complexity index is 454. The lowest BCUT2D eigenvalue weighted by atomic mass is 10.1. The lowest BCUT2D eigenvalue weighted by Gasteiger charge is -2.37. The van der Waals surface area contributed by atoms with Gasteiger partial charge in [-0.2, -0.15) is 13.2 Å². The maximum Gasteiger partial charge on any atom is 0.417 e. The molecule has 1 fully saturated rings. The van der Waals surface area contributed by atoms with Crippen LogP contribution in [0.5, 0.6) is 0 Å². The molecule has 2 unspecified atom stereocenters. The van der Waals surface area contributed by atoms with E-state index in [2.05, 4.69) is 10.3 Å². The summed E-state index contributed by atoms with van der Waals surface area (Å²) in [5.41, 5.74) is -0.822. The summed E-state index contributed by atoms with van der Waals surface area (Å²) in [7, 11) is 0. The van der Waals surface area contributed by atoms with Gasteiger partial charge in [0.15, 0.2) is 0 Å². The van der Waals surface area contributed by atoms with Crippen LogP contribution in [0.3, 0.4) is 0 Å². The number of alkyl halides is 3. The fraction of sp³-hybridized carbons (Fsp3) is 0.583. The Morgan fingerprint density at radius 3 is 2.37 bits per heavy atom. The van der Waals surface area contributed by atoms with Gasteiger partial charge in [-0.3, -0.25) is 0 Å². The normalized spacial score (nSPS) is 24.6. The van der Waals surface area contributed by atoms with Crippen LogP contribution in [0.4, 0.5) is 19.0 Å². The maximum atomic E-state index is 12.5. The van der Waals surface area contributed by atoms with Crippen molar-refractivity contribution in [1.29, 1.82) is 0 Å². The van der Waals surface area contributed by atoms with Crippen molar-refractivity contribution < 1.29 is 13.2 Å². The number of hydrogen-bond donors (Lipinski definition) is 1. The van der Waals surface area contributed by atoms with Gasteiger partial charge in [-0.05, 0) is 19.9 Å². The standard InChI is InChI=1S/C12H15ClF3N3/c1-7-5-19(6-8(2)18-7)11-10(13)3-9(4-17-11)12(14,15)16/h3-4,7-8,18H,5-6H2,1-2H3. The molecule has 2 atom stereocenters. The Hall–Kier alpha value is -1.01. The van der Waals surface area contributed by atoms with Crippen molar-refractivity contribution >= 4 is 17.4 Å². The lowest BCUT2D eigenvalue weighted by molar-refractivity contribution is -0.137. The highest BCUT2D eigenvalue weighted by Crippen LogP contribution is 2.33. The molecule has 0 saturated carbocycles. The predicted octanol–water partition coefficient (Wildman–Crippen LogP) is 2.94. The maximum absolute atomic E-state index is 12.5. The van der Waals surface area contributed by atoms with Gasteiger partial charge in [0.05, 0.1) is 10.6 Å². The number of piperazine rings is 1. The van der Waals surface area contributed by atoms with E-state index in [9.17, 15) is 13.2 Å². The highest BCUT2D eigenvalue weighted by molar-refractivity contribution is 6.33. The first-order chi connectivity index (χ1) is 8.77. The second-order valence-corrected chi connectivity index (χ2v) is 5.31. The van der Waals surface area contributed by atoms with E-state index in [1.54, 1.807) is 0 Å². The van der Waals surface area contributed by atoms with E-state index in [4.69, 9.17) is 11.6 Å². The molecule has 0 spiro atoms. The number of pyridine rings is 1. The van der Waals surface area contributed by atoms with Gasteiger partial charge in [0.2, 0.25) is 0 Å². The van der Waals surface area contributed by atoms with Crippen LogP contribution in [0.2, 0.25) is 5.02 Å². The van der Waals surface area contributed by atoms with Gasteiger partial charge >= 0.3 is 6.18 Å². The minimum atomic E-state index is -4.42. The zero-order chi connectivity index (χ0) is 14.2. The van der Waals surface area contributed by atoms with Crippen LogP contribution in [-0.2, 0) is 6.18 Å². The molecule has 1 aliphatic heterocycles. The molecule has 1 N–H and O–H groups in total. The Labute approximate surface area is 114 Å². The highest BCUT2D eigenvalue weighted by atomic mass is 35.5. The minimum Gasteiger partial charge on any atom is -0.352 e. The van der Waals surface area contributed by atoms with Crippen LogP contribution >= 0.6 is 11.6 Å². The van der Waals surface area contributed by atoms with E-state index in [-0.39, 0.29) is 17.1 Å². The quantitative estimate of drug-likeness (QED) is 0.863. The summed E-state index contributed by atoms with van der Waals surface area (Å²) in [5, 5.41) is 3.38. The smallest absolute Gasteiger partial charge is 0.352 e. The Morgan fingerprint density at radius 1 is 1.32 bits per heavy atom. The third-order valence-electron chi connectivity index (χ3n) is 3.01. The summed E-state index contributed by atoms with van der Waals surface area (Å²) < 4.78 is 37.6. The SMILES string of the molecule is CC1CN(c2ncc(C(F)(F)F)cc2Cl)CC(C)N1. The molecule has 0 radical (unpaired) electrons. The van der Waals surface area contributed by atoms with E-state index in [0.717, 1.165) is 12.3 Å². The van der Waals surface area contributed by atoms with Crippen LogP contribution in [0.25, 0.3) is 0 Å². The van der Waals surface area contributed by atoms with Crippen LogP contribution in [0.1, 0.15) is 19.4 Å². The average molecular weight is 294 g/mol. The molecule has 1 aromatic heterocycles. The Morgan fingerprint density at radius 2 is 1.89 bits per heavy atom. The number of aromatic nitrogens is 1. The summed E-state index contributed by atoms with van der Waals surface area (Å²) in [5.74, 6) is 0.412. The molecule has 19 heavy (non-hydrogen) atoms. The van der Waals surface area contributed by atoms with E-state index in [0.29, 0.717) is 18.9 Å². The van der Waals surface area contributed by atoms with Gasteiger partial charge in [0.1, 0.15) is 5.82 Å². The van der Waals surface area contributed by atoms with Crippen molar-refractivity contribution in [3.8, 4) is 0 Å². The van der Waals surface area contributed by atoms with Gasteiger partial charge in [-0.15, -0.1) is 0 Å². The summed E-state index contributed by atoms with van der Waals surface area (Å²) in [4.78, 5) is 5.79. The molecule has 0 bridgehead atoms. The number of nitrogens with zero attached hydrogens (tertiary/aromatic N) is 2. The van der Waals surface area contributed by atoms with Crippen molar-refractivity contribution in [2.75, 3.05) is 18.0 Å². The molecular formula is C12H15ClF3N3. The zero-order valence-electron chi connectivity index (χ0n) is 10.6. The van der Waals surface area contributed by atoms with Crippen molar-refractivity contribution in [2.45, 2.75) is 32.1 Å². The van der Waals surface area contributed by atoms with E-state index in [1.165, 1.54) is 0 Å². The Balaban J connectivity index is 2.26. The van der Waals surface area contributed by atoms with E-state index >= 15 is 0 Å². The van der Waals surface area contributed by atoms with Crippen molar-refractivity contribution in [1.82, 2.24) is 10.3 Å². The first-order valence-corrected chi connectivity index (χ1v) is 6.39. The average Bonchev–Trinajstić information content (AvgIpc) is 2.26. The van der Waals surface area contributed by atoms with Crippen LogP contribution < -0.4 is 10.2 Å². The van der Waals surface area contributed by atoms with Crippen molar-refractivity contribution in [2.24, 2.45) is 0 Å². The number of hydrogen-bond acceptors (Lipinski definition) is 3. The zero-order valence-corrected chi connectivity index (χ0v) is 11.4. The monoisotopic (exact) mass is 293 g/mol. The molecule has 2 rings (SSSR count). The topological polar surface area (TPSA) is 28.2 Å². The molecule has 1 aliphatic rings. The van der Waals surface area contributed by atoms with Gasteiger partial charge in [-0.25, -0.2) is 4.98 Å². The number of nitrogens with one attached hydrogen (secondary N) is 1. The van der Waals surface area contributed by atoms with Crippen LogP contribution in [0, 0.1) is 0 Å². The van der Waals surface area contributed by atoms with Crippen molar-refractivity contribution in [3.05, 3.63) is 22.8 Å². The summed E-state index contributed by atoms with van der Waals surface area (Å²) in [6.45, 7) is 5.37. The van der Waals surface area contributed by atoms with Gasteiger partial charge < -0.3 is 10.2 Å². The number of halogens is 4. The largest absolute Gasteiger partial charge is 0.417 e. The fourth-order valence-electron chi connectivity index (χ4n) is 2.32. The molecule has 1 saturated heterocycles. The molecule has 106 valence electrons. The van der Waals surface area contributed by atoms with Crippen molar-refractivity contribution in [3.63, 3.8) is 0 Å². The van der Waals surface area contributed by atoms with E-state index in [1.807, 2.05) is 18.7 Å². The molecule has 0 aromatic carbocycles. The van der Waals surface area contributed by atoms with Gasteiger partial charge in [0.25, 0.3) is 0 Å². The molecular weight excluding hydrogens is 279 g/mol. The first-order valence-electron chi connectivity index (χ1n) is 6.01. The molecule has 2 heterocycles. The fourth-order valence-corrected chi connectivity index (χ4v) is 2.60. The second kappa shape index (κ2) is 5.17.